The fraction of sp³-hybridized carbons (Fsp3) is 0.533. The highest BCUT2D eigenvalue weighted by atomic mass is 35.5. The van der Waals surface area contributed by atoms with Gasteiger partial charge in [-0.05, 0) is 49.9 Å². The van der Waals surface area contributed by atoms with Gasteiger partial charge >= 0.3 is 5.97 Å². The molecule has 1 unspecified atom stereocenters. The molecule has 0 fully saturated rings. The standard InChI is InChI=1S/C15H21ClO3/c1-5-6-7-13(15(17)18-4)19-12-8-10(2)14(16)11(3)9-12/h8-9,13H,5-7H2,1-4H3. The van der Waals surface area contributed by atoms with E-state index in [9.17, 15) is 4.79 Å². The van der Waals surface area contributed by atoms with Gasteiger partial charge in [-0.15, -0.1) is 0 Å². The smallest absolute Gasteiger partial charge is 0.347 e. The highest BCUT2D eigenvalue weighted by Crippen LogP contribution is 2.27. The van der Waals surface area contributed by atoms with Gasteiger partial charge in [0, 0.05) is 5.02 Å². The number of benzene rings is 1. The Labute approximate surface area is 119 Å². The van der Waals surface area contributed by atoms with Gasteiger partial charge in [0.25, 0.3) is 0 Å². The van der Waals surface area contributed by atoms with Gasteiger partial charge in [-0.25, -0.2) is 4.79 Å². The number of carbonyl (C=O) groups is 1. The molecule has 0 heterocycles. The van der Waals surface area contributed by atoms with Crippen LogP contribution in [-0.2, 0) is 9.53 Å². The zero-order chi connectivity index (χ0) is 14.4. The van der Waals surface area contributed by atoms with Crippen LogP contribution in [0.1, 0.15) is 37.3 Å². The number of carbonyl (C=O) groups excluding carboxylic acids is 1. The third-order valence-electron chi connectivity index (χ3n) is 2.97. The normalized spacial score (nSPS) is 12.1. The number of hydrogen-bond donors (Lipinski definition) is 0. The Morgan fingerprint density at radius 1 is 1.32 bits per heavy atom. The van der Waals surface area contributed by atoms with Crippen LogP contribution < -0.4 is 4.74 Å². The molecule has 4 heteroatoms. The molecular weight excluding hydrogens is 264 g/mol. The first-order chi connectivity index (χ1) is 8.99. The summed E-state index contributed by atoms with van der Waals surface area (Å²) in [5, 5.41) is 0.732. The van der Waals surface area contributed by atoms with Crippen LogP contribution >= 0.6 is 11.6 Å². The van der Waals surface area contributed by atoms with Crippen molar-refractivity contribution in [1.82, 2.24) is 0 Å². The Morgan fingerprint density at radius 2 is 1.89 bits per heavy atom. The van der Waals surface area contributed by atoms with Crippen LogP contribution in [0.15, 0.2) is 12.1 Å². The molecule has 1 rings (SSSR count). The molecule has 0 aliphatic heterocycles. The minimum absolute atomic E-state index is 0.335. The molecule has 0 bridgehead atoms. The third-order valence-corrected chi connectivity index (χ3v) is 3.57. The molecule has 19 heavy (non-hydrogen) atoms. The van der Waals surface area contributed by atoms with Crippen molar-refractivity contribution >= 4 is 17.6 Å². The second-order valence-corrected chi connectivity index (χ2v) is 5.02. The van der Waals surface area contributed by atoms with Crippen molar-refractivity contribution in [2.45, 2.75) is 46.1 Å². The molecule has 106 valence electrons. The van der Waals surface area contributed by atoms with E-state index in [1.54, 1.807) is 0 Å². The number of hydrogen-bond acceptors (Lipinski definition) is 3. The molecule has 0 radical (unpaired) electrons. The van der Waals surface area contributed by atoms with E-state index in [2.05, 4.69) is 6.92 Å². The van der Waals surface area contributed by atoms with Crippen LogP contribution in [-0.4, -0.2) is 19.2 Å². The summed E-state index contributed by atoms with van der Waals surface area (Å²) in [6, 6.07) is 3.69. The van der Waals surface area contributed by atoms with Crippen molar-refractivity contribution in [3.63, 3.8) is 0 Å². The summed E-state index contributed by atoms with van der Waals surface area (Å²) in [6.07, 6.45) is 2.04. The predicted molar refractivity (Wildman–Crippen MR) is 76.9 cm³/mol. The second-order valence-electron chi connectivity index (χ2n) is 4.64. The molecule has 0 aliphatic carbocycles. The highest BCUT2D eigenvalue weighted by Gasteiger charge is 2.21. The minimum atomic E-state index is -0.551. The van der Waals surface area contributed by atoms with Crippen molar-refractivity contribution in [1.29, 1.82) is 0 Å². The molecule has 0 aliphatic rings. The van der Waals surface area contributed by atoms with E-state index in [0.717, 1.165) is 29.0 Å². The number of unbranched alkanes of at least 4 members (excludes halogenated alkanes) is 1. The van der Waals surface area contributed by atoms with Gasteiger partial charge in [0.15, 0.2) is 6.10 Å². The molecule has 0 aromatic heterocycles. The minimum Gasteiger partial charge on any atom is -0.479 e. The maximum absolute atomic E-state index is 11.7. The summed E-state index contributed by atoms with van der Waals surface area (Å²) < 4.78 is 10.5. The molecule has 1 aromatic rings. The van der Waals surface area contributed by atoms with Crippen molar-refractivity contribution in [3.8, 4) is 5.75 Å². The average Bonchev–Trinajstić information content (AvgIpc) is 2.39. The Hall–Kier alpha value is -1.22. The quantitative estimate of drug-likeness (QED) is 0.739. The van der Waals surface area contributed by atoms with E-state index in [4.69, 9.17) is 21.1 Å². The molecule has 0 saturated carbocycles. The number of ether oxygens (including phenoxy) is 2. The van der Waals surface area contributed by atoms with E-state index in [1.165, 1.54) is 7.11 Å². The number of halogens is 1. The van der Waals surface area contributed by atoms with Gasteiger partial charge in [0.1, 0.15) is 5.75 Å². The zero-order valence-electron chi connectivity index (χ0n) is 12.0. The first-order valence-electron chi connectivity index (χ1n) is 6.50. The van der Waals surface area contributed by atoms with Gasteiger partial charge < -0.3 is 9.47 Å². The fourth-order valence-electron chi connectivity index (χ4n) is 1.88. The number of esters is 1. The third kappa shape index (κ3) is 4.43. The van der Waals surface area contributed by atoms with Crippen LogP contribution in [0.2, 0.25) is 5.02 Å². The summed E-state index contributed by atoms with van der Waals surface area (Å²) >= 11 is 6.11. The molecule has 0 spiro atoms. The lowest BCUT2D eigenvalue weighted by Crippen LogP contribution is -2.28. The second kappa shape index (κ2) is 7.39. The van der Waals surface area contributed by atoms with E-state index in [1.807, 2.05) is 26.0 Å². The summed E-state index contributed by atoms with van der Waals surface area (Å²) in [4.78, 5) is 11.7. The van der Waals surface area contributed by atoms with Gasteiger partial charge in [-0.3, -0.25) is 0 Å². The van der Waals surface area contributed by atoms with E-state index >= 15 is 0 Å². The molecule has 0 amide bonds. The molecule has 0 saturated heterocycles. The van der Waals surface area contributed by atoms with E-state index in [0.29, 0.717) is 12.2 Å². The van der Waals surface area contributed by atoms with Crippen LogP contribution in [0.3, 0.4) is 0 Å². The van der Waals surface area contributed by atoms with Crippen LogP contribution in [0.25, 0.3) is 0 Å². The summed E-state index contributed by atoms with van der Waals surface area (Å²) in [5.74, 6) is 0.324. The van der Waals surface area contributed by atoms with Crippen LogP contribution in [0.5, 0.6) is 5.75 Å². The zero-order valence-corrected chi connectivity index (χ0v) is 12.7. The van der Waals surface area contributed by atoms with Crippen LogP contribution in [0.4, 0.5) is 0 Å². The van der Waals surface area contributed by atoms with Crippen molar-refractivity contribution in [2.24, 2.45) is 0 Å². The Balaban J connectivity index is 2.86. The molecule has 3 nitrogen and oxygen atoms in total. The van der Waals surface area contributed by atoms with Crippen molar-refractivity contribution in [2.75, 3.05) is 7.11 Å². The predicted octanol–water partition coefficient (Wildman–Crippen LogP) is 4.07. The number of methoxy groups -OCH3 is 1. The van der Waals surface area contributed by atoms with Gasteiger partial charge in [-0.1, -0.05) is 24.9 Å². The number of aryl methyl sites for hydroxylation is 2. The van der Waals surface area contributed by atoms with Crippen LogP contribution in [0, 0.1) is 13.8 Å². The van der Waals surface area contributed by atoms with Crippen molar-refractivity contribution < 1.29 is 14.3 Å². The van der Waals surface area contributed by atoms with E-state index < -0.39 is 6.10 Å². The molecule has 1 aromatic carbocycles. The maximum Gasteiger partial charge on any atom is 0.347 e. The van der Waals surface area contributed by atoms with Crippen molar-refractivity contribution in [3.05, 3.63) is 28.3 Å². The van der Waals surface area contributed by atoms with E-state index in [-0.39, 0.29) is 5.97 Å². The molecule has 1 atom stereocenters. The Morgan fingerprint density at radius 3 is 2.37 bits per heavy atom. The average molecular weight is 285 g/mol. The van der Waals surface area contributed by atoms with Gasteiger partial charge in [0.2, 0.25) is 0 Å². The topological polar surface area (TPSA) is 35.5 Å². The summed E-state index contributed by atoms with van der Waals surface area (Å²) in [7, 11) is 1.38. The first kappa shape index (κ1) is 15.8. The maximum atomic E-state index is 11.7. The van der Waals surface area contributed by atoms with Gasteiger partial charge in [-0.2, -0.15) is 0 Å². The lowest BCUT2D eigenvalue weighted by atomic mass is 10.1. The lowest BCUT2D eigenvalue weighted by molar-refractivity contribution is -0.149. The summed E-state index contributed by atoms with van der Waals surface area (Å²) in [6.45, 7) is 5.91. The largest absolute Gasteiger partial charge is 0.479 e. The lowest BCUT2D eigenvalue weighted by Gasteiger charge is -2.18. The monoisotopic (exact) mass is 284 g/mol. The number of rotatable bonds is 6. The molecule has 0 N–H and O–H groups in total. The van der Waals surface area contributed by atoms with Gasteiger partial charge in [0.05, 0.1) is 7.11 Å². The highest BCUT2D eigenvalue weighted by molar-refractivity contribution is 6.32. The molecular formula is C15H21ClO3. The first-order valence-corrected chi connectivity index (χ1v) is 6.88. The Bertz CT molecular complexity index is 420. The summed E-state index contributed by atoms with van der Waals surface area (Å²) in [5.41, 5.74) is 1.88. The fourth-order valence-corrected chi connectivity index (χ4v) is 1.99. The Kier molecular flexibility index (Phi) is 6.16. The SMILES string of the molecule is CCCCC(Oc1cc(C)c(Cl)c(C)c1)C(=O)OC.